The van der Waals surface area contributed by atoms with E-state index in [1.54, 1.807) is 42.5 Å². The standard InChI is InChI=1S/C27H22N4O6/c1-28-21-20(22(33)29(2)25(28)36)27-19(23(34)31(24(27)35)17-11-7-4-8-12-17)18(32)13-14-26(27,37)30(21)15-16-9-5-3-6-10-16/h3-14,19,37H,15H2,1-2H3. The topological polar surface area (TPSA) is 122 Å². The Kier molecular flexibility index (Phi) is 4.61. The second kappa shape index (κ2) is 7.47. The summed E-state index contributed by atoms with van der Waals surface area (Å²) >= 11 is 0. The second-order valence-corrected chi connectivity index (χ2v) is 9.49. The first kappa shape index (κ1) is 22.9. The number of hydrogen-bond acceptors (Lipinski definition) is 7. The number of benzene rings is 2. The summed E-state index contributed by atoms with van der Waals surface area (Å²) in [4.78, 5) is 70.6. The third-order valence-electron chi connectivity index (χ3n) is 7.68. The molecule has 0 bridgehead atoms. The number of carbonyl (C=O) groups excluding carboxylic acids is 3. The predicted molar refractivity (Wildman–Crippen MR) is 133 cm³/mol. The van der Waals surface area contributed by atoms with Crippen LogP contribution in [0.25, 0.3) is 0 Å². The van der Waals surface area contributed by atoms with Crippen molar-refractivity contribution < 1.29 is 19.5 Å². The van der Waals surface area contributed by atoms with Gasteiger partial charge in [-0.1, -0.05) is 48.5 Å². The molecule has 1 saturated heterocycles. The number of imide groups is 1. The number of para-hydroxylation sites is 1. The predicted octanol–water partition coefficient (Wildman–Crippen LogP) is 0.359. The van der Waals surface area contributed by atoms with Crippen LogP contribution in [0.4, 0.5) is 11.5 Å². The highest BCUT2D eigenvalue weighted by molar-refractivity contribution is 6.34. The highest BCUT2D eigenvalue weighted by atomic mass is 16.3. The molecule has 6 rings (SSSR count). The summed E-state index contributed by atoms with van der Waals surface area (Å²) in [7, 11) is 2.68. The van der Waals surface area contributed by atoms with E-state index in [2.05, 4.69) is 0 Å². The molecule has 37 heavy (non-hydrogen) atoms. The van der Waals surface area contributed by atoms with Gasteiger partial charge < -0.3 is 10.0 Å². The quantitative estimate of drug-likeness (QED) is 0.409. The molecular weight excluding hydrogens is 476 g/mol. The first-order chi connectivity index (χ1) is 17.7. The number of carbonyl (C=O) groups is 3. The molecule has 3 aliphatic rings. The van der Waals surface area contributed by atoms with Crippen LogP contribution in [0.5, 0.6) is 0 Å². The van der Waals surface area contributed by atoms with E-state index in [0.29, 0.717) is 5.56 Å². The lowest BCUT2D eigenvalue weighted by atomic mass is 9.62. The molecule has 1 fully saturated rings. The van der Waals surface area contributed by atoms with Crippen LogP contribution < -0.4 is 21.0 Å². The number of anilines is 2. The number of allylic oxidation sites excluding steroid dienone is 1. The monoisotopic (exact) mass is 498 g/mol. The molecule has 0 saturated carbocycles. The maximum atomic E-state index is 14.4. The molecule has 1 aliphatic carbocycles. The lowest BCUT2D eigenvalue weighted by Crippen LogP contribution is -2.66. The van der Waals surface area contributed by atoms with Crippen LogP contribution >= 0.6 is 0 Å². The Morgan fingerprint density at radius 3 is 2.14 bits per heavy atom. The molecule has 2 aliphatic heterocycles. The highest BCUT2D eigenvalue weighted by Crippen LogP contribution is 2.60. The van der Waals surface area contributed by atoms with Crippen molar-refractivity contribution in [2.24, 2.45) is 20.0 Å². The maximum absolute atomic E-state index is 14.4. The van der Waals surface area contributed by atoms with Gasteiger partial charge in [0.1, 0.15) is 11.7 Å². The molecule has 2 amide bonds. The number of fused-ring (bicyclic) bond motifs is 1. The van der Waals surface area contributed by atoms with Crippen LogP contribution in [0.3, 0.4) is 0 Å². The van der Waals surface area contributed by atoms with E-state index in [0.717, 1.165) is 15.5 Å². The van der Waals surface area contributed by atoms with E-state index in [9.17, 15) is 29.1 Å². The fourth-order valence-corrected chi connectivity index (χ4v) is 6.02. The van der Waals surface area contributed by atoms with Gasteiger partial charge in [-0.2, -0.15) is 0 Å². The van der Waals surface area contributed by atoms with Crippen LogP contribution in [-0.4, -0.2) is 37.6 Å². The lowest BCUT2D eigenvalue weighted by Gasteiger charge is -2.44. The fraction of sp³-hybridized carbons (Fsp3) is 0.222. The van der Waals surface area contributed by atoms with E-state index in [-0.39, 0.29) is 23.6 Å². The Bertz CT molecular complexity index is 1660. The van der Waals surface area contributed by atoms with Gasteiger partial charge in [-0.25, -0.2) is 9.69 Å². The summed E-state index contributed by atoms with van der Waals surface area (Å²) in [6, 6.07) is 17.0. The Hall–Kier alpha value is -4.57. The van der Waals surface area contributed by atoms with Crippen LogP contribution in [0.15, 0.2) is 82.4 Å². The maximum Gasteiger partial charge on any atom is 0.332 e. The minimum atomic E-state index is -2.30. The minimum Gasteiger partial charge on any atom is -0.366 e. The Labute approximate surface area is 210 Å². The van der Waals surface area contributed by atoms with Gasteiger partial charge in [0, 0.05) is 20.6 Å². The fourth-order valence-electron chi connectivity index (χ4n) is 6.02. The first-order valence-electron chi connectivity index (χ1n) is 11.7. The largest absolute Gasteiger partial charge is 0.366 e. The van der Waals surface area contributed by atoms with Gasteiger partial charge in [-0.15, -0.1) is 0 Å². The van der Waals surface area contributed by atoms with E-state index < -0.39 is 45.9 Å². The second-order valence-electron chi connectivity index (χ2n) is 9.49. The minimum absolute atomic E-state index is 0.00933. The Balaban J connectivity index is 1.73. The van der Waals surface area contributed by atoms with E-state index >= 15 is 0 Å². The van der Waals surface area contributed by atoms with Gasteiger partial charge in [0.15, 0.2) is 16.9 Å². The summed E-state index contributed by atoms with van der Waals surface area (Å²) in [6.07, 6.45) is 2.24. The van der Waals surface area contributed by atoms with Gasteiger partial charge in [0.25, 0.3) is 11.5 Å². The van der Waals surface area contributed by atoms with Crippen molar-refractivity contribution in [2.75, 3.05) is 9.80 Å². The summed E-state index contributed by atoms with van der Waals surface area (Å²) in [6.45, 7) is -0.00933. The molecule has 186 valence electrons. The zero-order valence-electron chi connectivity index (χ0n) is 20.0. The van der Waals surface area contributed by atoms with Crippen LogP contribution in [0, 0.1) is 5.92 Å². The number of amides is 2. The Morgan fingerprint density at radius 1 is 0.865 bits per heavy atom. The molecule has 0 radical (unpaired) electrons. The zero-order chi connectivity index (χ0) is 26.3. The molecule has 10 heteroatoms. The molecule has 3 unspecified atom stereocenters. The van der Waals surface area contributed by atoms with E-state index in [1.807, 2.05) is 6.07 Å². The number of nitrogens with zero attached hydrogens (tertiary/aromatic N) is 4. The van der Waals surface area contributed by atoms with Crippen LogP contribution in [0.1, 0.15) is 11.1 Å². The van der Waals surface area contributed by atoms with Crippen molar-refractivity contribution in [1.82, 2.24) is 9.13 Å². The third-order valence-corrected chi connectivity index (χ3v) is 7.68. The van der Waals surface area contributed by atoms with Crippen molar-refractivity contribution in [3.05, 3.63) is 105 Å². The molecule has 1 N–H and O–H groups in total. The molecule has 1 spiro atoms. The average molecular weight is 498 g/mol. The smallest absolute Gasteiger partial charge is 0.332 e. The van der Waals surface area contributed by atoms with Crippen molar-refractivity contribution in [1.29, 1.82) is 0 Å². The van der Waals surface area contributed by atoms with E-state index in [1.165, 1.54) is 41.8 Å². The summed E-state index contributed by atoms with van der Waals surface area (Å²) in [5.74, 6) is -4.15. The molecule has 1 aromatic heterocycles. The SMILES string of the molecule is Cn1c2c(c(=O)n(C)c1=O)C13C(=O)N(c4ccccc4)C(=O)C1C(=O)C=CC3(O)N2Cc1ccccc1. The summed E-state index contributed by atoms with van der Waals surface area (Å²) in [5.41, 5.74) is -5.45. The Morgan fingerprint density at radius 2 is 1.49 bits per heavy atom. The average Bonchev–Trinajstić information content (AvgIpc) is 3.28. The molecular formula is C27H22N4O6. The number of aromatic nitrogens is 2. The van der Waals surface area contributed by atoms with Gasteiger partial charge in [0.05, 0.1) is 11.3 Å². The number of aliphatic hydroxyl groups is 1. The van der Waals surface area contributed by atoms with Crippen molar-refractivity contribution in [3.63, 3.8) is 0 Å². The van der Waals surface area contributed by atoms with Gasteiger partial charge >= 0.3 is 5.69 Å². The normalized spacial score (nSPS) is 25.9. The molecule has 3 heterocycles. The lowest BCUT2D eigenvalue weighted by molar-refractivity contribution is -0.141. The van der Waals surface area contributed by atoms with Gasteiger partial charge in [-0.3, -0.25) is 28.3 Å². The summed E-state index contributed by atoms with van der Waals surface area (Å²) in [5, 5.41) is 12.4. The number of ketones is 1. The molecule has 3 aromatic rings. The van der Waals surface area contributed by atoms with Crippen molar-refractivity contribution in [3.8, 4) is 0 Å². The third kappa shape index (κ3) is 2.59. The highest BCUT2D eigenvalue weighted by Gasteiger charge is 2.79. The summed E-state index contributed by atoms with van der Waals surface area (Å²) < 4.78 is 1.99. The molecule has 3 atom stereocenters. The van der Waals surface area contributed by atoms with Gasteiger partial charge in [-0.05, 0) is 29.8 Å². The van der Waals surface area contributed by atoms with Crippen molar-refractivity contribution >= 4 is 29.1 Å². The first-order valence-corrected chi connectivity index (χ1v) is 11.7. The zero-order valence-corrected chi connectivity index (χ0v) is 20.0. The van der Waals surface area contributed by atoms with E-state index in [4.69, 9.17) is 0 Å². The molecule has 10 nitrogen and oxygen atoms in total. The van der Waals surface area contributed by atoms with Crippen LogP contribution in [-0.2, 0) is 40.4 Å². The van der Waals surface area contributed by atoms with Gasteiger partial charge in [0.2, 0.25) is 5.91 Å². The van der Waals surface area contributed by atoms with Crippen LogP contribution in [0.2, 0.25) is 0 Å². The van der Waals surface area contributed by atoms with Crippen molar-refractivity contribution in [2.45, 2.75) is 17.7 Å². The number of hydrogen-bond donors (Lipinski definition) is 1. The molecule has 2 aromatic carbocycles. The number of rotatable bonds is 3.